The molecule has 32 heavy (non-hydrogen) atoms. The number of nitrogens with two attached hydrogens (primary N) is 1. The van der Waals surface area contributed by atoms with Gasteiger partial charge in [0.1, 0.15) is 17.8 Å². The molecule has 4 N–H and O–H groups in total. The van der Waals surface area contributed by atoms with Crippen molar-refractivity contribution < 1.29 is 4.39 Å². The molecule has 0 aliphatic heterocycles. The fraction of sp³-hybridized carbons (Fsp3) is 0.615. The van der Waals surface area contributed by atoms with Gasteiger partial charge in [0, 0.05) is 12.2 Å². The van der Waals surface area contributed by atoms with Crippen LogP contribution in [-0.4, -0.2) is 16.5 Å². The number of aromatic nitrogens is 2. The van der Waals surface area contributed by atoms with Crippen molar-refractivity contribution in [2.45, 2.75) is 96.8 Å². The van der Waals surface area contributed by atoms with E-state index in [1.54, 1.807) is 12.1 Å². The van der Waals surface area contributed by atoms with E-state index in [9.17, 15) is 4.39 Å². The third kappa shape index (κ3) is 10.8. The Balaban J connectivity index is 1.50. The van der Waals surface area contributed by atoms with Crippen LogP contribution < -0.4 is 16.4 Å². The van der Waals surface area contributed by atoms with E-state index in [4.69, 9.17) is 5.73 Å². The Kier molecular flexibility index (Phi) is 13.2. The highest BCUT2D eigenvalue weighted by Crippen LogP contribution is 2.25. The first-order valence-corrected chi connectivity index (χ1v) is 12.6. The summed E-state index contributed by atoms with van der Waals surface area (Å²) in [5, 5.41) is 6.43. The van der Waals surface area contributed by atoms with E-state index >= 15 is 0 Å². The topological polar surface area (TPSA) is 75.9 Å². The number of nitrogens with one attached hydrogen (secondary N) is 2. The summed E-state index contributed by atoms with van der Waals surface area (Å²) in [5.74, 6) is 0.885. The first-order chi connectivity index (χ1) is 15.7. The van der Waals surface area contributed by atoms with Crippen LogP contribution in [-0.2, 0) is 0 Å². The van der Waals surface area contributed by atoms with Gasteiger partial charge in [-0.15, -0.1) is 0 Å². The molecule has 0 fully saturated rings. The molecule has 0 bridgehead atoms. The lowest BCUT2D eigenvalue weighted by Crippen LogP contribution is -2.09. The highest BCUT2D eigenvalue weighted by molar-refractivity contribution is 5.77. The molecular formula is C26H42FN5. The molecule has 1 aromatic heterocycles. The first-order valence-electron chi connectivity index (χ1n) is 12.6. The van der Waals surface area contributed by atoms with Crippen molar-refractivity contribution in [3.8, 4) is 0 Å². The van der Waals surface area contributed by atoms with Gasteiger partial charge in [-0.3, -0.25) is 0 Å². The molecule has 0 saturated heterocycles. The number of hydrogen-bond acceptors (Lipinski definition) is 5. The number of rotatable bonds is 18. The van der Waals surface area contributed by atoms with Gasteiger partial charge in [0.05, 0.1) is 0 Å². The Labute approximate surface area is 193 Å². The molecule has 0 amide bonds. The molecule has 0 atom stereocenters. The zero-order valence-electron chi connectivity index (χ0n) is 19.8. The smallest absolute Gasteiger partial charge is 0.159 e. The monoisotopic (exact) mass is 443 g/mol. The molecule has 0 aliphatic rings. The molecule has 5 nitrogen and oxygen atoms in total. The van der Waals surface area contributed by atoms with Crippen LogP contribution in [0.3, 0.4) is 0 Å². The second-order valence-corrected chi connectivity index (χ2v) is 8.64. The maximum Gasteiger partial charge on any atom is 0.159 e. The van der Waals surface area contributed by atoms with Crippen LogP contribution in [0.25, 0.3) is 0 Å². The highest BCUT2D eigenvalue weighted by atomic mass is 19.1. The minimum Gasteiger partial charge on any atom is -0.393 e. The van der Waals surface area contributed by atoms with E-state index in [1.807, 2.05) is 0 Å². The zero-order valence-corrected chi connectivity index (χ0v) is 19.8. The summed E-state index contributed by atoms with van der Waals surface area (Å²) in [6, 6.07) is 6.10. The molecule has 6 heteroatoms. The molecular weight excluding hydrogens is 401 g/mol. The average molecular weight is 444 g/mol. The van der Waals surface area contributed by atoms with Crippen LogP contribution in [0.4, 0.5) is 27.4 Å². The molecule has 1 aromatic carbocycles. The highest BCUT2D eigenvalue weighted by Gasteiger charge is 2.08. The molecule has 0 radical (unpaired) electrons. The molecule has 0 unspecified atom stereocenters. The second-order valence-electron chi connectivity index (χ2n) is 8.64. The van der Waals surface area contributed by atoms with Crippen molar-refractivity contribution in [1.29, 1.82) is 0 Å². The van der Waals surface area contributed by atoms with Crippen molar-refractivity contribution >= 4 is 23.0 Å². The second kappa shape index (κ2) is 16.3. The maximum atomic E-state index is 13.1. The minimum absolute atomic E-state index is 0.276. The fourth-order valence-electron chi connectivity index (χ4n) is 3.83. The number of anilines is 4. The van der Waals surface area contributed by atoms with E-state index in [2.05, 4.69) is 27.5 Å². The van der Waals surface area contributed by atoms with Crippen LogP contribution in [0.2, 0.25) is 0 Å². The Morgan fingerprint density at radius 1 is 0.719 bits per heavy atom. The van der Waals surface area contributed by atoms with E-state index < -0.39 is 0 Å². The van der Waals surface area contributed by atoms with Crippen molar-refractivity contribution in [1.82, 2.24) is 9.97 Å². The van der Waals surface area contributed by atoms with Gasteiger partial charge in [-0.25, -0.2) is 14.4 Å². The van der Waals surface area contributed by atoms with Crippen LogP contribution in [0.15, 0.2) is 30.6 Å². The molecule has 2 rings (SSSR count). The third-order valence-corrected chi connectivity index (χ3v) is 5.81. The summed E-state index contributed by atoms with van der Waals surface area (Å²) < 4.78 is 13.1. The van der Waals surface area contributed by atoms with Crippen molar-refractivity contribution in [2.75, 3.05) is 22.9 Å². The van der Waals surface area contributed by atoms with Gasteiger partial charge in [-0.2, -0.15) is 0 Å². The van der Waals surface area contributed by atoms with Crippen LogP contribution in [0, 0.1) is 5.82 Å². The van der Waals surface area contributed by atoms with Crippen LogP contribution in [0.5, 0.6) is 0 Å². The Bertz CT molecular complexity index is 735. The zero-order chi connectivity index (χ0) is 22.9. The lowest BCUT2D eigenvalue weighted by molar-refractivity contribution is 0.537. The van der Waals surface area contributed by atoms with Gasteiger partial charge >= 0.3 is 0 Å². The average Bonchev–Trinajstić information content (AvgIpc) is 2.80. The van der Waals surface area contributed by atoms with E-state index in [0.717, 1.165) is 18.7 Å². The fourth-order valence-corrected chi connectivity index (χ4v) is 3.83. The largest absolute Gasteiger partial charge is 0.393 e. The molecule has 0 saturated carbocycles. The normalized spacial score (nSPS) is 10.9. The van der Waals surface area contributed by atoms with E-state index in [1.165, 1.54) is 102 Å². The van der Waals surface area contributed by atoms with Crippen molar-refractivity contribution in [3.05, 3.63) is 36.4 Å². The molecule has 0 spiro atoms. The summed E-state index contributed by atoms with van der Waals surface area (Å²) in [5.41, 5.74) is 7.40. The van der Waals surface area contributed by atoms with Gasteiger partial charge in [-0.05, 0) is 30.7 Å². The minimum atomic E-state index is -0.276. The molecule has 1 heterocycles. The van der Waals surface area contributed by atoms with E-state index in [0.29, 0.717) is 17.3 Å². The van der Waals surface area contributed by atoms with Crippen LogP contribution >= 0.6 is 0 Å². The summed E-state index contributed by atoms with van der Waals surface area (Å²) in [6.45, 7) is 3.12. The Hall–Kier alpha value is -2.37. The number of hydrogen-bond donors (Lipinski definition) is 3. The SMILES string of the molecule is CCCCCCCCCCCCCCCCNc1ncnc(Nc2ccc(F)cc2)c1N. The molecule has 2 aromatic rings. The van der Waals surface area contributed by atoms with Gasteiger partial charge in [0.2, 0.25) is 0 Å². The number of halogens is 1. The number of benzene rings is 1. The van der Waals surface area contributed by atoms with Crippen LogP contribution in [0.1, 0.15) is 96.8 Å². The lowest BCUT2D eigenvalue weighted by Gasteiger charge is -2.12. The van der Waals surface area contributed by atoms with Crippen molar-refractivity contribution in [3.63, 3.8) is 0 Å². The number of unbranched alkanes of at least 4 members (excludes halogenated alkanes) is 13. The maximum absolute atomic E-state index is 13.1. The van der Waals surface area contributed by atoms with Gasteiger partial charge < -0.3 is 16.4 Å². The standard InChI is InChI=1S/C26H42FN5/c1-2-3-4-5-6-7-8-9-10-11-12-13-14-15-20-29-25-24(28)26(31-21-30-25)32-23-18-16-22(27)17-19-23/h16-19,21H,2-15,20,28H2,1H3,(H2,29,30,31,32). The Morgan fingerprint density at radius 3 is 1.78 bits per heavy atom. The first kappa shape index (κ1) is 25.9. The third-order valence-electron chi connectivity index (χ3n) is 5.81. The van der Waals surface area contributed by atoms with E-state index in [-0.39, 0.29) is 5.82 Å². The number of nitrogens with zero attached hydrogens (tertiary/aromatic N) is 2. The predicted octanol–water partition coefficient (Wildman–Crippen LogP) is 7.83. The summed E-state index contributed by atoms with van der Waals surface area (Å²) in [4.78, 5) is 8.45. The molecule has 178 valence electrons. The van der Waals surface area contributed by atoms with Gasteiger partial charge in [-0.1, -0.05) is 90.4 Å². The number of nitrogen functional groups attached to an aromatic ring is 1. The quantitative estimate of drug-likeness (QED) is 0.205. The Morgan fingerprint density at radius 2 is 1.22 bits per heavy atom. The van der Waals surface area contributed by atoms with Gasteiger partial charge in [0.25, 0.3) is 0 Å². The lowest BCUT2D eigenvalue weighted by atomic mass is 10.0. The summed E-state index contributed by atoms with van der Waals surface area (Å²) in [7, 11) is 0. The summed E-state index contributed by atoms with van der Waals surface area (Å²) >= 11 is 0. The van der Waals surface area contributed by atoms with Gasteiger partial charge in [0.15, 0.2) is 11.6 Å². The predicted molar refractivity (Wildman–Crippen MR) is 135 cm³/mol. The summed E-state index contributed by atoms with van der Waals surface area (Å²) in [6.07, 6.45) is 20.4. The molecule has 0 aliphatic carbocycles. The van der Waals surface area contributed by atoms with Crippen molar-refractivity contribution in [2.24, 2.45) is 0 Å².